The second-order valence-corrected chi connectivity index (χ2v) is 2.72. The lowest BCUT2D eigenvalue weighted by Crippen LogP contribution is -2.36. The zero-order valence-electron chi connectivity index (χ0n) is 8.50. The molecule has 0 atom stereocenters. The normalized spacial score (nSPS) is 13.9. The molecule has 2 amide bonds. The molecule has 0 aliphatic carbocycles. The minimum atomic E-state index is -0.352. The molecule has 0 spiro atoms. The molecule has 2 rings (SSSR count). The van der Waals surface area contributed by atoms with Crippen LogP contribution in [-0.2, 0) is 18.3 Å². The first kappa shape index (κ1) is 10.4. The summed E-state index contributed by atoms with van der Waals surface area (Å²) in [5.74, 6) is -0.638. The van der Waals surface area contributed by atoms with E-state index in [-0.39, 0.29) is 18.2 Å². The van der Waals surface area contributed by atoms with Crippen LogP contribution in [0.25, 0.3) is 0 Å². The first-order valence-corrected chi connectivity index (χ1v) is 4.53. The highest BCUT2D eigenvalue weighted by Gasteiger charge is 2.24. The average Bonchev–Trinajstić information content (AvgIpc) is 2.49. The molecule has 0 radical (unpaired) electrons. The summed E-state index contributed by atoms with van der Waals surface area (Å²) in [7, 11) is 1.72. The minimum absolute atomic E-state index is 0.196. The van der Waals surface area contributed by atoms with Crippen LogP contribution < -0.4 is 5.32 Å². The molecule has 0 fully saturated rings. The highest BCUT2D eigenvalue weighted by Crippen LogP contribution is 2.10. The van der Waals surface area contributed by atoms with Crippen LogP contribution in [0.3, 0.4) is 0 Å². The van der Waals surface area contributed by atoms with E-state index in [1.165, 1.54) is 4.68 Å². The summed E-state index contributed by atoms with van der Waals surface area (Å²) in [6.07, 6.45) is 1.80. The Morgan fingerprint density at radius 3 is 2.71 bits per heavy atom. The Labute approximate surface area is 82.1 Å². The van der Waals surface area contributed by atoms with E-state index < -0.39 is 0 Å². The van der Waals surface area contributed by atoms with Crippen molar-refractivity contribution in [3.05, 3.63) is 17.5 Å². The Bertz CT molecular complexity index is 368. The topological polar surface area (TPSA) is 64.0 Å². The molecule has 2 heterocycles. The summed E-state index contributed by atoms with van der Waals surface area (Å²) in [4.78, 5) is 22.0. The van der Waals surface area contributed by atoms with Crippen molar-refractivity contribution in [1.29, 1.82) is 0 Å². The maximum absolute atomic E-state index is 11.1. The minimum Gasteiger partial charge on any atom is -0.292 e. The van der Waals surface area contributed by atoms with Crippen LogP contribution in [0.4, 0.5) is 0 Å². The summed E-state index contributed by atoms with van der Waals surface area (Å²) in [6, 6.07) is 0. The maximum Gasteiger partial charge on any atom is 0.261 e. The van der Waals surface area contributed by atoms with Gasteiger partial charge in [0.25, 0.3) is 5.91 Å². The standard InChI is InChI=1S/C7H7N3O2.C2H6/c1-10-3-4-5(9-10)2-6(11)8-7(4)12;1-2/h3H,2H2,1H3,(H,8,11,12);1-2H3. The molecule has 0 aromatic carbocycles. The molecule has 5 nitrogen and oxygen atoms in total. The molecule has 1 aliphatic heterocycles. The van der Waals surface area contributed by atoms with Crippen molar-refractivity contribution < 1.29 is 9.59 Å². The highest BCUT2D eigenvalue weighted by molar-refractivity contribution is 6.09. The summed E-state index contributed by atoms with van der Waals surface area (Å²) >= 11 is 0. The number of nitrogens with zero attached hydrogens (tertiary/aromatic N) is 2. The van der Waals surface area contributed by atoms with E-state index in [1.807, 2.05) is 13.8 Å². The second kappa shape index (κ2) is 4.04. The van der Waals surface area contributed by atoms with Crippen LogP contribution in [0.1, 0.15) is 29.9 Å². The first-order chi connectivity index (χ1) is 6.66. The van der Waals surface area contributed by atoms with Crippen LogP contribution in [0.2, 0.25) is 0 Å². The molecule has 0 saturated carbocycles. The fraction of sp³-hybridized carbons (Fsp3) is 0.444. The number of carbonyl (C=O) groups is 2. The molecule has 1 aliphatic rings. The van der Waals surface area contributed by atoms with Gasteiger partial charge in [0, 0.05) is 13.2 Å². The SMILES string of the molecule is CC.Cn1cc2c(n1)CC(=O)NC2=O. The van der Waals surface area contributed by atoms with Crippen molar-refractivity contribution in [1.82, 2.24) is 15.1 Å². The molecule has 76 valence electrons. The van der Waals surface area contributed by atoms with Crippen LogP contribution in [0, 0.1) is 0 Å². The van der Waals surface area contributed by atoms with Crippen LogP contribution in [-0.4, -0.2) is 21.6 Å². The Morgan fingerprint density at radius 2 is 2.07 bits per heavy atom. The van der Waals surface area contributed by atoms with E-state index in [9.17, 15) is 9.59 Å². The number of nitrogens with one attached hydrogen (secondary N) is 1. The number of aromatic nitrogens is 2. The Morgan fingerprint density at radius 1 is 1.43 bits per heavy atom. The van der Waals surface area contributed by atoms with Gasteiger partial charge in [0.2, 0.25) is 5.91 Å². The van der Waals surface area contributed by atoms with E-state index in [4.69, 9.17) is 0 Å². The molecular formula is C9H13N3O2. The second-order valence-electron chi connectivity index (χ2n) is 2.72. The highest BCUT2D eigenvalue weighted by atomic mass is 16.2. The Hall–Kier alpha value is -1.65. The number of fused-ring (bicyclic) bond motifs is 1. The first-order valence-electron chi connectivity index (χ1n) is 4.53. The predicted molar refractivity (Wildman–Crippen MR) is 50.7 cm³/mol. The van der Waals surface area contributed by atoms with Gasteiger partial charge in [0.1, 0.15) is 0 Å². The van der Waals surface area contributed by atoms with Gasteiger partial charge >= 0.3 is 0 Å². The van der Waals surface area contributed by atoms with Crippen molar-refractivity contribution in [3.63, 3.8) is 0 Å². The van der Waals surface area contributed by atoms with Gasteiger partial charge in [0.05, 0.1) is 17.7 Å². The van der Waals surface area contributed by atoms with E-state index in [0.717, 1.165) is 0 Å². The molecule has 5 heteroatoms. The quantitative estimate of drug-likeness (QED) is 0.604. The molecule has 0 unspecified atom stereocenters. The zero-order valence-corrected chi connectivity index (χ0v) is 8.50. The summed E-state index contributed by atoms with van der Waals surface area (Å²) in [6.45, 7) is 4.00. The molecule has 1 aromatic rings. The fourth-order valence-corrected chi connectivity index (χ4v) is 1.24. The van der Waals surface area contributed by atoms with E-state index >= 15 is 0 Å². The average molecular weight is 195 g/mol. The van der Waals surface area contributed by atoms with E-state index in [1.54, 1.807) is 13.2 Å². The van der Waals surface area contributed by atoms with Crippen molar-refractivity contribution in [2.24, 2.45) is 7.05 Å². The molecule has 1 aromatic heterocycles. The van der Waals surface area contributed by atoms with Gasteiger partial charge in [-0.25, -0.2) is 0 Å². The number of imide groups is 1. The van der Waals surface area contributed by atoms with E-state index in [2.05, 4.69) is 10.4 Å². The van der Waals surface area contributed by atoms with Gasteiger partial charge in [-0.2, -0.15) is 5.10 Å². The number of rotatable bonds is 0. The molecular weight excluding hydrogens is 182 g/mol. The smallest absolute Gasteiger partial charge is 0.261 e. The third-order valence-electron chi connectivity index (χ3n) is 1.73. The van der Waals surface area contributed by atoms with Gasteiger partial charge in [-0.3, -0.25) is 19.6 Å². The van der Waals surface area contributed by atoms with Gasteiger partial charge in [-0.1, -0.05) is 13.8 Å². The van der Waals surface area contributed by atoms with Gasteiger partial charge < -0.3 is 0 Å². The number of amides is 2. The number of carbonyl (C=O) groups excluding carboxylic acids is 2. The zero-order chi connectivity index (χ0) is 10.7. The Balaban J connectivity index is 0.000000461. The molecule has 14 heavy (non-hydrogen) atoms. The lowest BCUT2D eigenvalue weighted by molar-refractivity contribution is -0.119. The van der Waals surface area contributed by atoms with Crippen molar-refractivity contribution >= 4 is 11.8 Å². The van der Waals surface area contributed by atoms with Gasteiger partial charge in [-0.15, -0.1) is 0 Å². The molecule has 0 saturated heterocycles. The summed E-state index contributed by atoms with van der Waals surface area (Å²) in [5.41, 5.74) is 1.06. The van der Waals surface area contributed by atoms with Crippen LogP contribution in [0.15, 0.2) is 6.20 Å². The van der Waals surface area contributed by atoms with E-state index in [0.29, 0.717) is 11.3 Å². The maximum atomic E-state index is 11.1. The number of hydrogen-bond acceptors (Lipinski definition) is 3. The van der Waals surface area contributed by atoms with Gasteiger partial charge in [0.15, 0.2) is 0 Å². The van der Waals surface area contributed by atoms with Crippen LogP contribution in [0.5, 0.6) is 0 Å². The third-order valence-corrected chi connectivity index (χ3v) is 1.73. The fourth-order valence-electron chi connectivity index (χ4n) is 1.24. The van der Waals surface area contributed by atoms with Gasteiger partial charge in [-0.05, 0) is 0 Å². The number of hydrogen-bond donors (Lipinski definition) is 1. The summed E-state index contributed by atoms with van der Waals surface area (Å²) < 4.78 is 1.53. The third kappa shape index (κ3) is 1.81. The largest absolute Gasteiger partial charge is 0.292 e. The molecule has 1 N–H and O–H groups in total. The monoisotopic (exact) mass is 195 g/mol. The van der Waals surface area contributed by atoms with Crippen LogP contribution >= 0.6 is 0 Å². The number of aryl methyl sites for hydroxylation is 1. The summed E-state index contributed by atoms with van der Waals surface area (Å²) in [5, 5.41) is 6.20. The Kier molecular flexibility index (Phi) is 3.01. The van der Waals surface area contributed by atoms with Crippen molar-refractivity contribution in [2.75, 3.05) is 0 Å². The van der Waals surface area contributed by atoms with Crippen molar-refractivity contribution in [2.45, 2.75) is 20.3 Å². The van der Waals surface area contributed by atoms with Crippen molar-refractivity contribution in [3.8, 4) is 0 Å². The lowest BCUT2D eigenvalue weighted by Gasteiger charge is -2.07. The lowest BCUT2D eigenvalue weighted by atomic mass is 10.1. The predicted octanol–water partition coefficient (Wildman–Crippen LogP) is 0.259. The molecule has 0 bridgehead atoms.